The van der Waals surface area contributed by atoms with Gasteiger partial charge in [0.25, 0.3) is 5.69 Å². The van der Waals surface area contributed by atoms with Crippen LogP contribution in [0.2, 0.25) is 5.02 Å². The second-order valence-electron chi connectivity index (χ2n) is 5.07. The molecule has 0 saturated heterocycles. The third kappa shape index (κ3) is 3.99. The van der Waals surface area contributed by atoms with Crippen LogP contribution in [0.15, 0.2) is 18.2 Å². The number of nitro benzene ring substituents is 1. The number of hydrogen-bond donors (Lipinski definition) is 0. The number of nitro groups is 1. The molecule has 0 saturated carbocycles. The minimum Gasteiger partial charge on any atom is -0.481 e. The first-order valence-electron chi connectivity index (χ1n) is 7.27. The van der Waals surface area contributed by atoms with Crippen LogP contribution in [0, 0.1) is 21.4 Å². The van der Waals surface area contributed by atoms with Crippen molar-refractivity contribution in [3.63, 3.8) is 0 Å². The summed E-state index contributed by atoms with van der Waals surface area (Å²) in [5.41, 5.74) is 0.0376. The lowest BCUT2D eigenvalue weighted by molar-refractivity contribution is -0.386. The molecule has 2 rings (SSSR count). The third-order valence-corrected chi connectivity index (χ3v) is 3.70. The number of methoxy groups -OCH3 is 3. The maximum atomic E-state index is 11.6. The molecule has 2 aromatic rings. The number of benzene rings is 1. The van der Waals surface area contributed by atoms with E-state index in [2.05, 4.69) is 9.97 Å². The van der Waals surface area contributed by atoms with Crippen LogP contribution in [0.4, 0.5) is 5.69 Å². The first-order valence-corrected chi connectivity index (χ1v) is 7.65. The van der Waals surface area contributed by atoms with E-state index in [1.165, 1.54) is 39.5 Å². The zero-order valence-electron chi connectivity index (χ0n) is 14.2. The van der Waals surface area contributed by atoms with Gasteiger partial charge in [0, 0.05) is 12.1 Å². The summed E-state index contributed by atoms with van der Waals surface area (Å²) in [6, 6.07) is 6.19. The van der Waals surface area contributed by atoms with Gasteiger partial charge in [-0.1, -0.05) is 11.6 Å². The average molecular weight is 379 g/mol. The zero-order chi connectivity index (χ0) is 19.3. The summed E-state index contributed by atoms with van der Waals surface area (Å²) >= 11 is 6.09. The highest BCUT2D eigenvalue weighted by Crippen LogP contribution is 2.36. The lowest BCUT2D eigenvalue weighted by Gasteiger charge is -2.14. The fraction of sp³-hybridized carbons (Fsp3) is 0.312. The van der Waals surface area contributed by atoms with Crippen LogP contribution in [0.3, 0.4) is 0 Å². The molecule has 1 aromatic heterocycles. The molecule has 1 atom stereocenters. The van der Waals surface area contributed by atoms with Crippen molar-refractivity contribution in [3.8, 4) is 17.8 Å². The molecule has 0 aliphatic carbocycles. The topological polar surface area (TPSA) is 120 Å². The number of rotatable bonds is 7. The summed E-state index contributed by atoms with van der Waals surface area (Å²) in [5.74, 6) is -0.839. The molecule has 26 heavy (non-hydrogen) atoms. The Morgan fingerprint density at radius 1 is 1.23 bits per heavy atom. The smallest absolute Gasteiger partial charge is 0.279 e. The second-order valence-corrected chi connectivity index (χ2v) is 5.50. The van der Waals surface area contributed by atoms with E-state index in [0.717, 1.165) is 0 Å². The fourth-order valence-corrected chi connectivity index (χ4v) is 2.66. The van der Waals surface area contributed by atoms with Crippen LogP contribution < -0.4 is 9.47 Å². The molecule has 1 heterocycles. The first kappa shape index (κ1) is 19.4. The van der Waals surface area contributed by atoms with E-state index in [-0.39, 0.29) is 46.0 Å². The molecular formula is C16H15ClN4O5. The largest absolute Gasteiger partial charge is 0.481 e. The van der Waals surface area contributed by atoms with Crippen molar-refractivity contribution in [2.45, 2.75) is 12.5 Å². The minimum atomic E-state index is -1.16. The molecule has 0 aliphatic heterocycles. The Morgan fingerprint density at radius 2 is 1.85 bits per heavy atom. The van der Waals surface area contributed by atoms with Crippen LogP contribution in [0.1, 0.15) is 22.9 Å². The number of hydrogen-bond acceptors (Lipinski definition) is 8. The Hall–Kier alpha value is -2.96. The SMILES string of the molecule is COCc1cc(Cl)cc(C(C#N)c2nc(OC)cc(OC)n2)c1[N+](=O)[O-]. The van der Waals surface area contributed by atoms with Crippen molar-refractivity contribution in [2.24, 2.45) is 0 Å². The van der Waals surface area contributed by atoms with Gasteiger partial charge in [0.2, 0.25) is 11.8 Å². The van der Waals surface area contributed by atoms with Crippen molar-refractivity contribution in [1.29, 1.82) is 5.26 Å². The van der Waals surface area contributed by atoms with E-state index in [0.29, 0.717) is 0 Å². The van der Waals surface area contributed by atoms with Crippen molar-refractivity contribution in [3.05, 3.63) is 50.3 Å². The van der Waals surface area contributed by atoms with Crippen LogP contribution >= 0.6 is 11.6 Å². The van der Waals surface area contributed by atoms with Gasteiger partial charge in [-0.15, -0.1) is 0 Å². The van der Waals surface area contributed by atoms with E-state index in [1.807, 2.05) is 6.07 Å². The summed E-state index contributed by atoms with van der Waals surface area (Å²) in [4.78, 5) is 19.3. The Balaban J connectivity index is 2.72. The number of halogens is 1. The van der Waals surface area contributed by atoms with Gasteiger partial charge in [-0.2, -0.15) is 15.2 Å². The normalized spacial score (nSPS) is 11.5. The molecule has 0 radical (unpaired) electrons. The second kappa shape index (κ2) is 8.42. The highest BCUT2D eigenvalue weighted by atomic mass is 35.5. The maximum absolute atomic E-state index is 11.6. The number of nitriles is 1. The Morgan fingerprint density at radius 3 is 2.31 bits per heavy atom. The Bertz CT molecular complexity index is 846. The lowest BCUT2D eigenvalue weighted by Crippen LogP contribution is -2.10. The van der Waals surface area contributed by atoms with Crippen LogP contribution in [-0.2, 0) is 11.3 Å². The van der Waals surface area contributed by atoms with Crippen LogP contribution in [0.25, 0.3) is 0 Å². The van der Waals surface area contributed by atoms with E-state index in [4.69, 9.17) is 25.8 Å². The maximum Gasteiger partial charge on any atom is 0.279 e. The summed E-state index contributed by atoms with van der Waals surface area (Å²) in [5, 5.41) is 21.5. The third-order valence-electron chi connectivity index (χ3n) is 3.48. The number of nitrogens with zero attached hydrogens (tertiary/aromatic N) is 4. The molecule has 0 fully saturated rings. The summed E-state index contributed by atoms with van der Waals surface area (Å²) in [6.45, 7) is -0.0374. The zero-order valence-corrected chi connectivity index (χ0v) is 15.0. The lowest BCUT2D eigenvalue weighted by atomic mass is 9.95. The molecule has 0 bridgehead atoms. The monoisotopic (exact) mass is 378 g/mol. The Labute approximate surface area is 154 Å². The highest BCUT2D eigenvalue weighted by Gasteiger charge is 2.30. The van der Waals surface area contributed by atoms with E-state index < -0.39 is 10.8 Å². The van der Waals surface area contributed by atoms with Gasteiger partial charge in [0.05, 0.1) is 49.0 Å². The molecule has 1 aromatic carbocycles. The molecule has 0 aliphatic rings. The van der Waals surface area contributed by atoms with Crippen molar-refractivity contribution in [1.82, 2.24) is 9.97 Å². The van der Waals surface area contributed by atoms with Crippen molar-refractivity contribution in [2.75, 3.05) is 21.3 Å². The highest BCUT2D eigenvalue weighted by molar-refractivity contribution is 6.30. The molecular weight excluding hydrogens is 364 g/mol. The standard InChI is InChI=1S/C16H15ClN4O5/c1-24-8-9-4-10(17)5-11(15(9)21(22)23)12(7-18)16-19-13(25-2)6-14(20-16)26-3/h4-6,12H,8H2,1-3H3. The van der Waals surface area contributed by atoms with Gasteiger partial charge < -0.3 is 14.2 Å². The van der Waals surface area contributed by atoms with Crippen molar-refractivity contribution < 1.29 is 19.1 Å². The quantitative estimate of drug-likeness (QED) is 0.532. The number of aromatic nitrogens is 2. The molecule has 136 valence electrons. The average Bonchev–Trinajstić information content (AvgIpc) is 2.61. The van der Waals surface area contributed by atoms with Gasteiger partial charge in [0.15, 0.2) is 5.82 Å². The molecule has 9 nitrogen and oxygen atoms in total. The summed E-state index contributed by atoms with van der Waals surface area (Å²) in [6.07, 6.45) is 0. The van der Waals surface area contributed by atoms with Crippen LogP contribution in [0.5, 0.6) is 11.8 Å². The van der Waals surface area contributed by atoms with Gasteiger partial charge in [-0.25, -0.2) is 0 Å². The van der Waals surface area contributed by atoms with Crippen LogP contribution in [-0.4, -0.2) is 36.2 Å². The Kier molecular flexibility index (Phi) is 6.27. The van der Waals surface area contributed by atoms with E-state index in [1.54, 1.807) is 0 Å². The van der Waals surface area contributed by atoms with Crippen molar-refractivity contribution >= 4 is 17.3 Å². The molecule has 10 heteroatoms. The van der Waals surface area contributed by atoms with Gasteiger partial charge >= 0.3 is 0 Å². The summed E-state index contributed by atoms with van der Waals surface area (Å²) in [7, 11) is 4.19. The molecule has 0 spiro atoms. The predicted molar refractivity (Wildman–Crippen MR) is 91.4 cm³/mol. The summed E-state index contributed by atoms with van der Waals surface area (Å²) < 4.78 is 15.1. The molecule has 0 N–H and O–H groups in total. The van der Waals surface area contributed by atoms with E-state index in [9.17, 15) is 15.4 Å². The number of ether oxygens (including phenoxy) is 3. The molecule has 1 unspecified atom stereocenters. The fourth-order valence-electron chi connectivity index (χ4n) is 2.41. The first-order chi connectivity index (χ1) is 12.4. The van der Waals surface area contributed by atoms with E-state index >= 15 is 0 Å². The minimum absolute atomic E-state index is 0.00238. The van der Waals surface area contributed by atoms with Gasteiger partial charge in [-0.3, -0.25) is 10.1 Å². The van der Waals surface area contributed by atoms with Gasteiger partial charge in [-0.05, 0) is 12.1 Å². The van der Waals surface area contributed by atoms with Gasteiger partial charge in [0.1, 0.15) is 5.92 Å². The predicted octanol–water partition coefficient (Wildman–Crippen LogP) is 2.86. The molecule has 0 amide bonds.